The van der Waals surface area contributed by atoms with E-state index in [0.29, 0.717) is 17.7 Å². The van der Waals surface area contributed by atoms with Crippen molar-refractivity contribution in [3.8, 4) is 11.5 Å². The van der Waals surface area contributed by atoms with E-state index in [2.05, 4.69) is 30.2 Å². The molecule has 1 aromatic carbocycles. The van der Waals surface area contributed by atoms with Gasteiger partial charge in [0.1, 0.15) is 18.3 Å². The first-order chi connectivity index (χ1) is 11.1. The second-order valence-corrected chi connectivity index (χ2v) is 6.27. The molecule has 1 aromatic heterocycles. The van der Waals surface area contributed by atoms with Gasteiger partial charge < -0.3 is 14.8 Å². The Hall–Kier alpha value is -1.78. The maximum Gasteiger partial charge on any atom is 0.161 e. The summed E-state index contributed by atoms with van der Waals surface area (Å²) >= 11 is 5.78. The second kappa shape index (κ2) is 8.75. The number of halogens is 1. The van der Waals surface area contributed by atoms with Crippen LogP contribution in [0.25, 0.3) is 0 Å². The van der Waals surface area contributed by atoms with E-state index in [-0.39, 0.29) is 0 Å². The van der Waals surface area contributed by atoms with Gasteiger partial charge in [-0.25, -0.2) is 4.98 Å². The van der Waals surface area contributed by atoms with Gasteiger partial charge in [0, 0.05) is 23.2 Å². The zero-order chi connectivity index (χ0) is 16.7. The molecule has 0 bridgehead atoms. The van der Waals surface area contributed by atoms with Crippen LogP contribution in [-0.4, -0.2) is 18.6 Å². The molecule has 0 radical (unpaired) electrons. The van der Waals surface area contributed by atoms with Gasteiger partial charge in [-0.1, -0.05) is 31.5 Å². The van der Waals surface area contributed by atoms with E-state index in [1.165, 1.54) is 5.56 Å². The van der Waals surface area contributed by atoms with E-state index in [0.717, 1.165) is 30.2 Å². The van der Waals surface area contributed by atoms with Gasteiger partial charge in [0.05, 0.1) is 13.7 Å². The number of rotatable bonds is 8. The van der Waals surface area contributed by atoms with Crippen molar-refractivity contribution in [2.24, 2.45) is 5.92 Å². The second-order valence-electron chi connectivity index (χ2n) is 5.89. The van der Waals surface area contributed by atoms with E-state index in [9.17, 15) is 0 Å². The van der Waals surface area contributed by atoms with Crippen LogP contribution >= 0.6 is 11.6 Å². The summed E-state index contributed by atoms with van der Waals surface area (Å²) in [6.07, 6.45) is 1.71. The van der Waals surface area contributed by atoms with Gasteiger partial charge in [-0.15, -0.1) is 0 Å². The summed E-state index contributed by atoms with van der Waals surface area (Å²) in [6.45, 7) is 6.93. The number of ether oxygens (including phenoxy) is 2. The van der Waals surface area contributed by atoms with Crippen molar-refractivity contribution < 1.29 is 14.8 Å². The number of hydrogen-bond donors (Lipinski definition) is 1. The van der Waals surface area contributed by atoms with Crippen LogP contribution in [-0.2, 0) is 13.2 Å². The maximum atomic E-state index is 5.83. The van der Waals surface area contributed by atoms with Crippen molar-refractivity contribution in [3.05, 3.63) is 52.8 Å². The van der Waals surface area contributed by atoms with Gasteiger partial charge in [0.15, 0.2) is 11.5 Å². The monoisotopic (exact) mass is 335 g/mol. The first-order valence-corrected chi connectivity index (χ1v) is 8.18. The summed E-state index contributed by atoms with van der Waals surface area (Å²) in [4.78, 5) is 4.05. The fraction of sp³-hybridized carbons (Fsp3) is 0.389. The topological polar surface area (TPSA) is 48.0 Å². The van der Waals surface area contributed by atoms with Crippen LogP contribution in [0.2, 0.25) is 5.15 Å². The van der Waals surface area contributed by atoms with Crippen LogP contribution in [0.5, 0.6) is 11.5 Å². The Morgan fingerprint density at radius 3 is 2.57 bits per heavy atom. The normalized spacial score (nSPS) is 10.8. The zero-order valence-corrected chi connectivity index (χ0v) is 14.6. The molecule has 23 heavy (non-hydrogen) atoms. The number of hydrogen-bond acceptors (Lipinski definition) is 3. The highest BCUT2D eigenvalue weighted by atomic mass is 35.5. The lowest BCUT2D eigenvalue weighted by Crippen LogP contribution is -2.83. The van der Waals surface area contributed by atoms with Crippen molar-refractivity contribution >= 4 is 11.6 Å². The molecule has 0 aliphatic heterocycles. The van der Waals surface area contributed by atoms with E-state index in [1.54, 1.807) is 19.4 Å². The Labute approximate surface area is 142 Å². The summed E-state index contributed by atoms with van der Waals surface area (Å²) in [5.74, 6) is 2.17. The summed E-state index contributed by atoms with van der Waals surface area (Å²) in [7, 11) is 1.66. The number of quaternary nitrogens is 1. The molecular weight excluding hydrogens is 312 g/mol. The summed E-state index contributed by atoms with van der Waals surface area (Å²) in [5.41, 5.74) is 2.19. The fourth-order valence-corrected chi connectivity index (χ4v) is 2.31. The molecule has 4 nitrogen and oxygen atoms in total. The Bertz CT molecular complexity index is 615. The molecule has 0 fully saturated rings. The lowest BCUT2D eigenvalue weighted by molar-refractivity contribution is -0.675. The van der Waals surface area contributed by atoms with Crippen molar-refractivity contribution in [1.82, 2.24) is 4.98 Å². The lowest BCUT2D eigenvalue weighted by Gasteiger charge is -2.12. The number of aromatic nitrogens is 1. The van der Waals surface area contributed by atoms with Crippen molar-refractivity contribution in [3.63, 3.8) is 0 Å². The highest BCUT2D eigenvalue weighted by molar-refractivity contribution is 6.29. The quantitative estimate of drug-likeness (QED) is 0.754. The third kappa shape index (κ3) is 5.73. The van der Waals surface area contributed by atoms with Gasteiger partial charge in [0.25, 0.3) is 0 Å². The van der Waals surface area contributed by atoms with Crippen molar-refractivity contribution in [2.75, 3.05) is 13.7 Å². The number of nitrogens with zero attached hydrogens (tertiary/aromatic N) is 1. The fourth-order valence-electron chi connectivity index (χ4n) is 2.19. The molecule has 2 rings (SSSR count). The van der Waals surface area contributed by atoms with E-state index in [1.807, 2.05) is 18.2 Å². The van der Waals surface area contributed by atoms with Gasteiger partial charge in [-0.05, 0) is 24.3 Å². The van der Waals surface area contributed by atoms with Crippen molar-refractivity contribution in [1.29, 1.82) is 0 Å². The van der Waals surface area contributed by atoms with Crippen LogP contribution in [0, 0.1) is 5.92 Å². The third-order valence-electron chi connectivity index (χ3n) is 3.43. The molecule has 2 aromatic rings. The number of methoxy groups -OCH3 is 1. The van der Waals surface area contributed by atoms with Crippen LogP contribution in [0.3, 0.4) is 0 Å². The Kier molecular flexibility index (Phi) is 6.68. The molecule has 0 atom stereocenters. The van der Waals surface area contributed by atoms with Crippen LogP contribution in [0.4, 0.5) is 0 Å². The molecule has 1 heterocycles. The minimum absolute atomic E-state index is 0.430. The largest absolute Gasteiger partial charge is 0.493 e. The van der Waals surface area contributed by atoms with Crippen LogP contribution < -0.4 is 14.8 Å². The van der Waals surface area contributed by atoms with Gasteiger partial charge >= 0.3 is 0 Å². The first-order valence-electron chi connectivity index (χ1n) is 7.80. The minimum atomic E-state index is 0.430. The molecule has 0 aliphatic rings. The molecule has 124 valence electrons. The zero-order valence-electron chi connectivity index (χ0n) is 13.9. The molecule has 0 saturated heterocycles. The lowest BCUT2D eigenvalue weighted by atomic mass is 10.2. The highest BCUT2D eigenvalue weighted by Gasteiger charge is 2.08. The maximum absolute atomic E-state index is 5.83. The minimum Gasteiger partial charge on any atom is -0.493 e. The standard InChI is InChI=1S/C18H23ClN2O2/c1-13(2)9-20-10-14-4-6-16(17(8-14)22-3)23-12-15-5-7-18(19)21-11-15/h4-8,11,13,20H,9-10,12H2,1-3H3/p+1. The summed E-state index contributed by atoms with van der Waals surface area (Å²) < 4.78 is 11.3. The third-order valence-corrected chi connectivity index (χ3v) is 3.65. The predicted molar refractivity (Wildman–Crippen MR) is 91.9 cm³/mol. The van der Waals surface area contributed by atoms with Gasteiger partial charge in [-0.2, -0.15) is 0 Å². The molecule has 5 heteroatoms. The SMILES string of the molecule is COc1cc(C[NH2+]CC(C)C)ccc1OCc1ccc(Cl)nc1. The molecule has 0 amide bonds. The molecule has 0 aliphatic carbocycles. The van der Waals surface area contributed by atoms with E-state index in [4.69, 9.17) is 21.1 Å². The highest BCUT2D eigenvalue weighted by Crippen LogP contribution is 2.28. The van der Waals surface area contributed by atoms with Crippen molar-refractivity contribution in [2.45, 2.75) is 27.0 Å². The molecular formula is C18H24ClN2O2+. The Morgan fingerprint density at radius 2 is 1.91 bits per heavy atom. The Morgan fingerprint density at radius 1 is 1.13 bits per heavy atom. The summed E-state index contributed by atoms with van der Waals surface area (Å²) in [5, 5.41) is 2.78. The number of pyridine rings is 1. The smallest absolute Gasteiger partial charge is 0.161 e. The van der Waals surface area contributed by atoms with Crippen LogP contribution in [0.15, 0.2) is 36.5 Å². The number of nitrogens with two attached hydrogens (primary N) is 1. The molecule has 0 spiro atoms. The average molecular weight is 336 g/mol. The Balaban J connectivity index is 1.97. The summed E-state index contributed by atoms with van der Waals surface area (Å²) in [6, 6.07) is 9.73. The first kappa shape index (κ1) is 17.6. The molecule has 0 saturated carbocycles. The average Bonchev–Trinajstić information content (AvgIpc) is 2.54. The van der Waals surface area contributed by atoms with E-state index >= 15 is 0 Å². The van der Waals surface area contributed by atoms with Gasteiger partial charge in [-0.3, -0.25) is 0 Å². The molecule has 2 N–H and O–H groups in total. The predicted octanol–water partition coefficient (Wildman–Crippen LogP) is 3.04. The van der Waals surface area contributed by atoms with Gasteiger partial charge in [0.2, 0.25) is 0 Å². The van der Waals surface area contributed by atoms with Crippen LogP contribution in [0.1, 0.15) is 25.0 Å². The molecule has 0 unspecified atom stereocenters. The number of benzene rings is 1. The van der Waals surface area contributed by atoms with E-state index < -0.39 is 0 Å².